The number of thioether (sulfide) groups is 1. The van der Waals surface area contributed by atoms with Gasteiger partial charge in [0.15, 0.2) is 0 Å². The molecule has 0 amide bonds. The molecule has 1 aromatic heterocycles. The fourth-order valence-electron chi connectivity index (χ4n) is 2.65. The highest BCUT2D eigenvalue weighted by Gasteiger charge is 2.26. The summed E-state index contributed by atoms with van der Waals surface area (Å²) in [4.78, 5) is 30.1. The van der Waals surface area contributed by atoms with Gasteiger partial charge in [-0.15, -0.1) is 0 Å². The Balaban J connectivity index is 1.59. The van der Waals surface area contributed by atoms with Crippen molar-refractivity contribution in [2.75, 3.05) is 11.4 Å². The van der Waals surface area contributed by atoms with Crippen LogP contribution in [0.5, 0.6) is 0 Å². The van der Waals surface area contributed by atoms with Gasteiger partial charge in [0.2, 0.25) is 10.5 Å². The van der Waals surface area contributed by atoms with E-state index >= 15 is 0 Å². The number of hydrogen-bond acceptors (Lipinski definition) is 6. The minimum absolute atomic E-state index is 0.0326. The van der Waals surface area contributed by atoms with E-state index in [-0.39, 0.29) is 17.1 Å². The smallest absolute Gasteiger partial charge is 0.215 e. The molecule has 1 saturated heterocycles. The van der Waals surface area contributed by atoms with Gasteiger partial charge in [-0.05, 0) is 54.2 Å². The minimum Gasteiger partial charge on any atom is -0.463 e. The molecule has 0 N–H and O–H groups in total. The first-order valence-electron chi connectivity index (χ1n) is 7.88. The molecule has 27 heavy (non-hydrogen) atoms. The standard InChI is InChI=1S/C19H11ClN2O3S2/c20-12-1-6-16-15(7-12)18(24)11(10-25-16)8-21-13-2-4-14(5-3-13)22-9-17(23)27-19(22)26/h1-8,10H,9H2. The number of carbonyl (C=O) groups is 1. The maximum Gasteiger partial charge on any atom is 0.215 e. The molecule has 134 valence electrons. The quantitative estimate of drug-likeness (QED) is 0.462. The van der Waals surface area contributed by atoms with Crippen molar-refractivity contribution < 1.29 is 9.21 Å². The normalized spacial score (nSPS) is 14.6. The maximum absolute atomic E-state index is 12.5. The average Bonchev–Trinajstić information content (AvgIpc) is 3.00. The Labute approximate surface area is 168 Å². The lowest BCUT2D eigenvalue weighted by Crippen LogP contribution is -2.22. The fraction of sp³-hybridized carbons (Fsp3) is 0.0526. The number of hydrogen-bond donors (Lipinski definition) is 0. The van der Waals surface area contributed by atoms with E-state index in [1.807, 2.05) is 12.1 Å². The van der Waals surface area contributed by atoms with Crippen molar-refractivity contribution in [2.45, 2.75) is 0 Å². The first-order valence-corrected chi connectivity index (χ1v) is 9.49. The predicted octanol–water partition coefficient (Wildman–Crippen LogP) is 4.56. The van der Waals surface area contributed by atoms with Crippen molar-refractivity contribution in [3.63, 3.8) is 0 Å². The van der Waals surface area contributed by atoms with Crippen molar-refractivity contribution >= 4 is 73.6 Å². The number of fused-ring (bicyclic) bond motifs is 1. The first-order chi connectivity index (χ1) is 13.0. The second-order valence-electron chi connectivity index (χ2n) is 5.76. The van der Waals surface area contributed by atoms with E-state index in [0.717, 1.165) is 17.4 Å². The van der Waals surface area contributed by atoms with Gasteiger partial charge in [0.25, 0.3) is 0 Å². The number of anilines is 1. The first kappa shape index (κ1) is 17.9. The largest absolute Gasteiger partial charge is 0.463 e. The van der Waals surface area contributed by atoms with Crippen LogP contribution in [0.4, 0.5) is 11.4 Å². The Morgan fingerprint density at radius 2 is 1.96 bits per heavy atom. The van der Waals surface area contributed by atoms with Gasteiger partial charge < -0.3 is 9.32 Å². The van der Waals surface area contributed by atoms with Crippen LogP contribution in [0.25, 0.3) is 11.0 Å². The molecule has 0 aliphatic carbocycles. The summed E-state index contributed by atoms with van der Waals surface area (Å²) < 4.78 is 6.02. The van der Waals surface area contributed by atoms with Gasteiger partial charge in [-0.3, -0.25) is 14.6 Å². The number of aliphatic imine (C=N–C) groups is 1. The van der Waals surface area contributed by atoms with Crippen LogP contribution in [0.2, 0.25) is 5.02 Å². The molecule has 5 nitrogen and oxygen atoms in total. The summed E-state index contributed by atoms with van der Waals surface area (Å²) in [6.45, 7) is 0.271. The predicted molar refractivity (Wildman–Crippen MR) is 114 cm³/mol. The summed E-state index contributed by atoms with van der Waals surface area (Å²) in [5, 5.41) is 0.910. The van der Waals surface area contributed by atoms with Crippen molar-refractivity contribution in [2.24, 2.45) is 4.99 Å². The average molecular weight is 415 g/mol. The zero-order valence-electron chi connectivity index (χ0n) is 13.7. The van der Waals surface area contributed by atoms with Crippen LogP contribution in [-0.4, -0.2) is 22.2 Å². The Morgan fingerprint density at radius 1 is 1.19 bits per heavy atom. The van der Waals surface area contributed by atoms with Crippen LogP contribution >= 0.6 is 35.6 Å². The third-order valence-corrected chi connectivity index (χ3v) is 5.44. The van der Waals surface area contributed by atoms with E-state index in [0.29, 0.717) is 31.6 Å². The fourth-order valence-corrected chi connectivity index (χ4v) is 3.93. The Morgan fingerprint density at radius 3 is 2.67 bits per heavy atom. The lowest BCUT2D eigenvalue weighted by atomic mass is 10.2. The molecule has 8 heteroatoms. The second-order valence-corrected chi connectivity index (χ2v) is 7.89. The molecule has 0 atom stereocenters. The molecule has 1 aliphatic rings. The second kappa shape index (κ2) is 7.26. The van der Waals surface area contributed by atoms with Crippen LogP contribution in [0.15, 0.2) is 62.9 Å². The van der Waals surface area contributed by atoms with Gasteiger partial charge in [0.1, 0.15) is 16.2 Å². The van der Waals surface area contributed by atoms with Crippen LogP contribution in [0, 0.1) is 0 Å². The molecular formula is C19H11ClN2O3S2. The molecule has 0 spiro atoms. The zero-order chi connectivity index (χ0) is 19.0. The zero-order valence-corrected chi connectivity index (χ0v) is 16.1. The lowest BCUT2D eigenvalue weighted by molar-refractivity contribution is -0.109. The summed E-state index contributed by atoms with van der Waals surface area (Å²) in [6.07, 6.45) is 2.84. The summed E-state index contributed by atoms with van der Waals surface area (Å²) in [7, 11) is 0. The van der Waals surface area contributed by atoms with E-state index in [1.165, 1.54) is 12.5 Å². The molecule has 0 saturated carbocycles. The van der Waals surface area contributed by atoms with Gasteiger partial charge in [0, 0.05) is 16.9 Å². The topological polar surface area (TPSA) is 62.9 Å². The Hall–Kier alpha value is -2.48. The Bertz CT molecular complexity index is 1160. The molecule has 2 aromatic carbocycles. The number of nitrogens with zero attached hydrogens (tertiary/aromatic N) is 2. The molecule has 2 heterocycles. The summed E-state index contributed by atoms with van der Waals surface area (Å²) in [5.74, 6) is 0. The number of benzene rings is 2. The van der Waals surface area contributed by atoms with Gasteiger partial charge in [0.05, 0.1) is 23.2 Å². The third kappa shape index (κ3) is 3.66. The molecule has 0 bridgehead atoms. The van der Waals surface area contributed by atoms with E-state index in [2.05, 4.69) is 4.99 Å². The highest BCUT2D eigenvalue weighted by atomic mass is 35.5. The molecule has 1 fully saturated rings. The summed E-state index contributed by atoms with van der Waals surface area (Å²) in [6, 6.07) is 12.2. The van der Waals surface area contributed by atoms with Crippen LogP contribution in [0.1, 0.15) is 5.56 Å². The van der Waals surface area contributed by atoms with Crippen LogP contribution in [-0.2, 0) is 4.79 Å². The molecule has 3 aromatic rings. The van der Waals surface area contributed by atoms with Gasteiger partial charge >= 0.3 is 0 Å². The molecule has 1 aliphatic heterocycles. The summed E-state index contributed by atoms with van der Waals surface area (Å²) in [5.41, 5.74) is 2.10. The van der Waals surface area contributed by atoms with Gasteiger partial charge in [-0.25, -0.2) is 0 Å². The monoisotopic (exact) mass is 414 g/mol. The minimum atomic E-state index is -0.197. The van der Waals surface area contributed by atoms with Crippen molar-refractivity contribution in [3.8, 4) is 0 Å². The molecule has 0 radical (unpaired) electrons. The highest BCUT2D eigenvalue weighted by Crippen LogP contribution is 2.28. The SMILES string of the molecule is O=C1CN(c2ccc(N=Cc3coc4ccc(Cl)cc4c3=O)cc2)C(=S)S1. The van der Waals surface area contributed by atoms with E-state index in [4.69, 9.17) is 28.2 Å². The maximum atomic E-state index is 12.5. The number of rotatable bonds is 3. The van der Waals surface area contributed by atoms with Crippen molar-refractivity contribution in [1.82, 2.24) is 0 Å². The summed E-state index contributed by atoms with van der Waals surface area (Å²) >= 11 is 12.2. The van der Waals surface area contributed by atoms with Crippen molar-refractivity contribution in [1.29, 1.82) is 0 Å². The van der Waals surface area contributed by atoms with E-state index < -0.39 is 0 Å². The van der Waals surface area contributed by atoms with Gasteiger partial charge in [-0.2, -0.15) is 0 Å². The van der Waals surface area contributed by atoms with Crippen LogP contribution in [0.3, 0.4) is 0 Å². The van der Waals surface area contributed by atoms with Crippen LogP contribution < -0.4 is 10.3 Å². The molecule has 0 unspecified atom stereocenters. The van der Waals surface area contributed by atoms with E-state index in [1.54, 1.807) is 35.2 Å². The lowest BCUT2D eigenvalue weighted by Gasteiger charge is -2.15. The Kier molecular flexibility index (Phi) is 4.82. The number of thiocarbonyl (C=S) groups is 1. The third-order valence-electron chi connectivity index (χ3n) is 3.98. The van der Waals surface area contributed by atoms with E-state index in [9.17, 15) is 9.59 Å². The molecule has 4 rings (SSSR count). The number of carbonyl (C=O) groups excluding carboxylic acids is 1. The highest BCUT2D eigenvalue weighted by molar-refractivity contribution is 8.33. The molecular weight excluding hydrogens is 404 g/mol. The van der Waals surface area contributed by atoms with Crippen molar-refractivity contribution in [3.05, 3.63) is 69.5 Å². The number of halogens is 1. The van der Waals surface area contributed by atoms with Gasteiger partial charge in [-0.1, -0.05) is 23.8 Å².